The fraction of sp³-hybridized carbons (Fsp3) is 0.500. The maximum absolute atomic E-state index is 13.5. The van der Waals surface area contributed by atoms with E-state index in [2.05, 4.69) is 5.32 Å². The first-order valence-electron chi connectivity index (χ1n) is 6.97. The zero-order valence-electron chi connectivity index (χ0n) is 13.1. The van der Waals surface area contributed by atoms with Crippen LogP contribution in [0.5, 0.6) is 0 Å². The SMILES string of the molecule is CN(Cc1ccccc1F)C(=O)CCNC(=O)C(C)(C)C. The van der Waals surface area contributed by atoms with Crippen LogP contribution in [0.2, 0.25) is 0 Å². The van der Waals surface area contributed by atoms with Crippen molar-refractivity contribution >= 4 is 11.8 Å². The molecule has 0 aliphatic rings. The molecule has 0 saturated heterocycles. The topological polar surface area (TPSA) is 49.4 Å². The summed E-state index contributed by atoms with van der Waals surface area (Å²) in [6.45, 7) is 5.95. The standard InChI is InChI=1S/C16H23FN2O2/c1-16(2,3)15(21)18-10-9-14(20)19(4)11-12-7-5-6-8-13(12)17/h5-8H,9-11H2,1-4H3,(H,18,21). The molecular weight excluding hydrogens is 271 g/mol. The number of halogens is 1. The molecule has 5 heteroatoms. The van der Waals surface area contributed by atoms with Crippen LogP contribution in [0, 0.1) is 11.2 Å². The van der Waals surface area contributed by atoms with Crippen molar-refractivity contribution in [2.24, 2.45) is 5.41 Å². The summed E-state index contributed by atoms with van der Waals surface area (Å²) < 4.78 is 13.5. The van der Waals surface area contributed by atoms with Crippen molar-refractivity contribution in [1.29, 1.82) is 0 Å². The number of amides is 2. The fourth-order valence-corrected chi connectivity index (χ4v) is 1.71. The molecule has 0 unspecified atom stereocenters. The summed E-state index contributed by atoms with van der Waals surface area (Å²) in [5.41, 5.74) is 0.00865. The van der Waals surface area contributed by atoms with Crippen LogP contribution in [0.3, 0.4) is 0 Å². The minimum Gasteiger partial charge on any atom is -0.355 e. The van der Waals surface area contributed by atoms with Gasteiger partial charge in [-0.1, -0.05) is 39.0 Å². The summed E-state index contributed by atoms with van der Waals surface area (Å²) in [6.07, 6.45) is 0.201. The minimum atomic E-state index is -0.470. The van der Waals surface area contributed by atoms with Gasteiger partial charge in [-0.2, -0.15) is 0 Å². The maximum Gasteiger partial charge on any atom is 0.225 e. The van der Waals surface area contributed by atoms with E-state index in [-0.39, 0.29) is 37.1 Å². The Morgan fingerprint density at radius 3 is 2.43 bits per heavy atom. The molecule has 1 aromatic rings. The Hall–Kier alpha value is -1.91. The van der Waals surface area contributed by atoms with Crippen molar-refractivity contribution in [3.63, 3.8) is 0 Å². The van der Waals surface area contributed by atoms with Crippen molar-refractivity contribution < 1.29 is 14.0 Å². The zero-order chi connectivity index (χ0) is 16.0. The van der Waals surface area contributed by atoms with E-state index in [1.807, 2.05) is 20.8 Å². The third-order valence-corrected chi connectivity index (χ3v) is 3.10. The van der Waals surface area contributed by atoms with E-state index in [0.29, 0.717) is 5.56 Å². The average molecular weight is 294 g/mol. The van der Waals surface area contributed by atoms with Gasteiger partial charge in [0.1, 0.15) is 5.82 Å². The second-order valence-electron chi connectivity index (χ2n) is 6.10. The molecule has 116 valence electrons. The number of hydrogen-bond donors (Lipinski definition) is 1. The quantitative estimate of drug-likeness (QED) is 0.906. The van der Waals surface area contributed by atoms with Gasteiger partial charge in [-0.05, 0) is 6.07 Å². The Balaban J connectivity index is 2.42. The van der Waals surface area contributed by atoms with Gasteiger partial charge in [0.2, 0.25) is 11.8 Å². The molecule has 0 radical (unpaired) electrons. The number of rotatable bonds is 5. The molecule has 0 aromatic heterocycles. The molecule has 0 fully saturated rings. The Morgan fingerprint density at radius 1 is 1.24 bits per heavy atom. The van der Waals surface area contributed by atoms with Crippen molar-refractivity contribution in [2.75, 3.05) is 13.6 Å². The lowest BCUT2D eigenvalue weighted by Gasteiger charge is -2.20. The van der Waals surface area contributed by atoms with E-state index >= 15 is 0 Å². The molecule has 21 heavy (non-hydrogen) atoms. The Kier molecular flexibility index (Phi) is 5.88. The van der Waals surface area contributed by atoms with Crippen molar-refractivity contribution in [3.05, 3.63) is 35.6 Å². The largest absolute Gasteiger partial charge is 0.355 e. The third-order valence-electron chi connectivity index (χ3n) is 3.10. The van der Waals surface area contributed by atoms with Gasteiger partial charge < -0.3 is 10.2 Å². The molecule has 1 rings (SSSR count). The lowest BCUT2D eigenvalue weighted by Crippen LogP contribution is -2.37. The van der Waals surface area contributed by atoms with Gasteiger partial charge in [0.25, 0.3) is 0 Å². The maximum atomic E-state index is 13.5. The third kappa shape index (κ3) is 5.53. The first kappa shape index (κ1) is 17.1. The molecule has 0 bridgehead atoms. The molecule has 0 heterocycles. The molecular formula is C16H23FN2O2. The molecule has 0 atom stereocenters. The molecule has 4 nitrogen and oxygen atoms in total. The van der Waals surface area contributed by atoms with Crippen molar-refractivity contribution in [1.82, 2.24) is 10.2 Å². The number of carbonyl (C=O) groups is 2. The second kappa shape index (κ2) is 7.20. The van der Waals surface area contributed by atoms with E-state index < -0.39 is 5.41 Å². The van der Waals surface area contributed by atoms with Crippen molar-refractivity contribution in [2.45, 2.75) is 33.7 Å². The highest BCUT2D eigenvalue weighted by atomic mass is 19.1. The molecule has 0 spiro atoms. The summed E-state index contributed by atoms with van der Waals surface area (Å²) in [7, 11) is 1.63. The fourth-order valence-electron chi connectivity index (χ4n) is 1.71. The van der Waals surface area contributed by atoms with E-state index in [9.17, 15) is 14.0 Å². The monoisotopic (exact) mass is 294 g/mol. The van der Waals surface area contributed by atoms with Gasteiger partial charge >= 0.3 is 0 Å². The first-order chi connectivity index (χ1) is 9.71. The van der Waals surface area contributed by atoms with Gasteiger partial charge in [0.05, 0.1) is 0 Å². The van der Waals surface area contributed by atoms with Gasteiger partial charge in [0, 0.05) is 37.5 Å². The highest BCUT2D eigenvalue weighted by molar-refractivity contribution is 5.82. The van der Waals surface area contributed by atoms with Gasteiger partial charge in [-0.3, -0.25) is 9.59 Å². The first-order valence-corrected chi connectivity index (χ1v) is 6.97. The van der Waals surface area contributed by atoms with Crippen molar-refractivity contribution in [3.8, 4) is 0 Å². The molecule has 0 aliphatic heterocycles. The van der Waals surface area contributed by atoms with Gasteiger partial charge in [-0.25, -0.2) is 4.39 Å². The molecule has 0 aliphatic carbocycles. The van der Waals surface area contributed by atoms with Crippen LogP contribution in [-0.4, -0.2) is 30.3 Å². The summed E-state index contributed by atoms with van der Waals surface area (Å²) in [5, 5.41) is 2.72. The molecule has 1 N–H and O–H groups in total. The van der Waals surface area contributed by atoms with Crippen LogP contribution in [-0.2, 0) is 16.1 Å². The summed E-state index contributed by atoms with van der Waals surface area (Å²) in [4.78, 5) is 25.1. The minimum absolute atomic E-state index is 0.0907. The van der Waals surface area contributed by atoms with Crippen LogP contribution >= 0.6 is 0 Å². The van der Waals surface area contributed by atoms with E-state index in [0.717, 1.165) is 0 Å². The van der Waals surface area contributed by atoms with Crippen LogP contribution < -0.4 is 5.32 Å². The zero-order valence-corrected chi connectivity index (χ0v) is 13.1. The van der Waals surface area contributed by atoms with Gasteiger partial charge in [0.15, 0.2) is 0 Å². The average Bonchev–Trinajstić information content (AvgIpc) is 2.39. The normalized spacial score (nSPS) is 11.1. The van der Waals surface area contributed by atoms with E-state index in [1.165, 1.54) is 11.0 Å². The lowest BCUT2D eigenvalue weighted by atomic mass is 9.96. The van der Waals surface area contributed by atoms with E-state index in [1.54, 1.807) is 25.2 Å². The number of carbonyl (C=O) groups excluding carboxylic acids is 2. The number of nitrogens with zero attached hydrogens (tertiary/aromatic N) is 1. The van der Waals surface area contributed by atoms with E-state index in [4.69, 9.17) is 0 Å². The Labute approximate surface area is 125 Å². The summed E-state index contributed by atoms with van der Waals surface area (Å²) in [5.74, 6) is -0.544. The van der Waals surface area contributed by atoms with Crippen LogP contribution in [0.25, 0.3) is 0 Å². The summed E-state index contributed by atoms with van der Waals surface area (Å²) in [6, 6.07) is 6.38. The highest BCUT2D eigenvalue weighted by Gasteiger charge is 2.21. The van der Waals surface area contributed by atoms with Crippen LogP contribution in [0.4, 0.5) is 4.39 Å². The number of hydrogen-bond acceptors (Lipinski definition) is 2. The summed E-state index contributed by atoms with van der Waals surface area (Å²) >= 11 is 0. The number of benzene rings is 1. The molecule has 2 amide bonds. The molecule has 0 saturated carbocycles. The van der Waals surface area contributed by atoms with Crippen LogP contribution in [0.1, 0.15) is 32.8 Å². The Morgan fingerprint density at radius 2 is 1.86 bits per heavy atom. The molecule has 1 aromatic carbocycles. The lowest BCUT2D eigenvalue weighted by molar-refractivity contribution is -0.131. The Bertz CT molecular complexity index is 509. The highest BCUT2D eigenvalue weighted by Crippen LogP contribution is 2.12. The number of nitrogens with one attached hydrogen (secondary N) is 1. The van der Waals surface area contributed by atoms with Gasteiger partial charge in [-0.15, -0.1) is 0 Å². The smallest absolute Gasteiger partial charge is 0.225 e. The second-order valence-corrected chi connectivity index (χ2v) is 6.10. The van der Waals surface area contributed by atoms with Crippen LogP contribution in [0.15, 0.2) is 24.3 Å². The predicted molar refractivity (Wildman–Crippen MR) is 80.0 cm³/mol. The predicted octanol–water partition coefficient (Wildman–Crippen LogP) is 2.34.